The van der Waals surface area contributed by atoms with Crippen LogP contribution in [-0.4, -0.2) is 37.5 Å². The van der Waals surface area contributed by atoms with Gasteiger partial charge in [0.05, 0.1) is 0 Å². The standard InChI is InChI=1S/C18H22ClN3O2.ClH/c19-12-2-1-3-13(10-12)22-9-4-15(17(22)24)21-16(23)14-11-18(14)5-7-20-8-6-18;/h1-3,10,14-15,20H,4-9,11H2,(H,21,23);1H. The van der Waals surface area contributed by atoms with Gasteiger partial charge in [-0.1, -0.05) is 17.7 Å². The first-order chi connectivity index (χ1) is 11.6. The number of benzene rings is 1. The molecule has 3 aliphatic rings. The Bertz CT molecular complexity index is 676. The SMILES string of the molecule is Cl.O=C(NC1CCN(c2cccc(Cl)c2)C1=O)C1CC12CCNCC2. The highest BCUT2D eigenvalue weighted by atomic mass is 35.5. The normalized spacial score (nSPS) is 27.1. The van der Waals surface area contributed by atoms with Gasteiger partial charge in [0, 0.05) is 23.2 Å². The van der Waals surface area contributed by atoms with Crippen molar-refractivity contribution in [3.63, 3.8) is 0 Å². The van der Waals surface area contributed by atoms with Crippen LogP contribution in [0, 0.1) is 11.3 Å². The molecule has 1 aliphatic carbocycles. The molecule has 3 fully saturated rings. The second-order valence-electron chi connectivity index (χ2n) is 7.19. The third-order valence-corrected chi connectivity index (χ3v) is 5.98. The van der Waals surface area contributed by atoms with Crippen molar-refractivity contribution in [2.24, 2.45) is 11.3 Å². The summed E-state index contributed by atoms with van der Waals surface area (Å²) in [4.78, 5) is 26.9. The Morgan fingerprint density at radius 1 is 1.32 bits per heavy atom. The van der Waals surface area contributed by atoms with E-state index in [1.54, 1.807) is 17.0 Å². The molecule has 136 valence electrons. The van der Waals surface area contributed by atoms with E-state index < -0.39 is 6.04 Å². The van der Waals surface area contributed by atoms with Gasteiger partial charge in [-0.2, -0.15) is 0 Å². The molecule has 4 rings (SSSR count). The molecule has 2 heterocycles. The molecule has 1 aromatic carbocycles. The number of carbonyl (C=O) groups is 2. The smallest absolute Gasteiger partial charge is 0.249 e. The molecule has 2 atom stereocenters. The van der Waals surface area contributed by atoms with Crippen LogP contribution in [-0.2, 0) is 9.59 Å². The molecule has 1 spiro atoms. The van der Waals surface area contributed by atoms with Crippen molar-refractivity contribution in [3.05, 3.63) is 29.3 Å². The molecule has 2 saturated heterocycles. The van der Waals surface area contributed by atoms with Crippen LogP contribution in [0.4, 0.5) is 5.69 Å². The van der Waals surface area contributed by atoms with Crippen LogP contribution >= 0.6 is 24.0 Å². The third-order valence-electron chi connectivity index (χ3n) is 5.75. The number of amides is 2. The van der Waals surface area contributed by atoms with E-state index >= 15 is 0 Å². The Hall–Kier alpha value is -1.30. The van der Waals surface area contributed by atoms with E-state index in [-0.39, 0.29) is 35.6 Å². The zero-order chi connectivity index (χ0) is 16.7. The number of piperidine rings is 1. The van der Waals surface area contributed by atoms with E-state index in [4.69, 9.17) is 11.6 Å². The molecule has 7 heteroatoms. The summed E-state index contributed by atoms with van der Waals surface area (Å²) < 4.78 is 0. The molecule has 1 saturated carbocycles. The fourth-order valence-electron chi connectivity index (χ4n) is 4.18. The highest BCUT2D eigenvalue weighted by Crippen LogP contribution is 2.58. The monoisotopic (exact) mass is 383 g/mol. The summed E-state index contributed by atoms with van der Waals surface area (Å²) in [7, 11) is 0. The molecule has 0 aromatic heterocycles. The van der Waals surface area contributed by atoms with E-state index in [1.165, 1.54) is 0 Å². The van der Waals surface area contributed by atoms with Crippen molar-refractivity contribution in [2.45, 2.75) is 31.7 Å². The molecule has 0 bridgehead atoms. The van der Waals surface area contributed by atoms with Gasteiger partial charge in [0.25, 0.3) is 0 Å². The summed E-state index contributed by atoms with van der Waals surface area (Å²) in [6.07, 6.45) is 3.76. The lowest BCUT2D eigenvalue weighted by molar-refractivity contribution is -0.127. The minimum atomic E-state index is -0.407. The highest BCUT2D eigenvalue weighted by molar-refractivity contribution is 6.31. The van der Waals surface area contributed by atoms with Gasteiger partial charge in [-0.25, -0.2) is 0 Å². The predicted molar refractivity (Wildman–Crippen MR) is 100 cm³/mol. The summed E-state index contributed by atoms with van der Waals surface area (Å²) in [6, 6.07) is 6.88. The highest BCUT2D eigenvalue weighted by Gasteiger charge is 2.58. The molecule has 5 nitrogen and oxygen atoms in total. The van der Waals surface area contributed by atoms with Crippen molar-refractivity contribution in [2.75, 3.05) is 24.5 Å². The third kappa shape index (κ3) is 3.50. The summed E-state index contributed by atoms with van der Waals surface area (Å²) in [5.41, 5.74) is 0.995. The largest absolute Gasteiger partial charge is 0.344 e. The van der Waals surface area contributed by atoms with Crippen LogP contribution < -0.4 is 15.5 Å². The number of anilines is 1. The lowest BCUT2D eigenvalue weighted by Crippen LogP contribution is -2.43. The van der Waals surface area contributed by atoms with E-state index in [9.17, 15) is 9.59 Å². The topological polar surface area (TPSA) is 61.4 Å². The quantitative estimate of drug-likeness (QED) is 0.841. The average molecular weight is 384 g/mol. The predicted octanol–water partition coefficient (Wildman–Crippen LogP) is 2.37. The zero-order valence-corrected chi connectivity index (χ0v) is 15.5. The van der Waals surface area contributed by atoms with E-state index in [0.717, 1.165) is 38.0 Å². The Labute approximate surface area is 158 Å². The van der Waals surface area contributed by atoms with E-state index in [2.05, 4.69) is 10.6 Å². The van der Waals surface area contributed by atoms with Crippen LogP contribution in [0.25, 0.3) is 0 Å². The van der Waals surface area contributed by atoms with Gasteiger partial charge in [-0.15, -0.1) is 12.4 Å². The van der Waals surface area contributed by atoms with Crippen LogP contribution in [0.15, 0.2) is 24.3 Å². The number of hydrogen-bond acceptors (Lipinski definition) is 3. The van der Waals surface area contributed by atoms with Crippen molar-refractivity contribution in [1.82, 2.24) is 10.6 Å². The van der Waals surface area contributed by atoms with Crippen LogP contribution in [0.3, 0.4) is 0 Å². The number of halogens is 2. The maximum atomic E-state index is 12.6. The van der Waals surface area contributed by atoms with Gasteiger partial charge >= 0.3 is 0 Å². The summed E-state index contributed by atoms with van der Waals surface area (Å²) >= 11 is 6.01. The zero-order valence-electron chi connectivity index (χ0n) is 14.0. The molecule has 2 aliphatic heterocycles. The molecule has 2 amide bonds. The van der Waals surface area contributed by atoms with Gasteiger partial charge in [0.1, 0.15) is 6.04 Å². The van der Waals surface area contributed by atoms with Gasteiger partial charge < -0.3 is 15.5 Å². The fraction of sp³-hybridized carbons (Fsp3) is 0.556. The number of carbonyl (C=O) groups excluding carboxylic acids is 2. The Morgan fingerprint density at radius 3 is 2.80 bits per heavy atom. The second-order valence-corrected chi connectivity index (χ2v) is 7.63. The van der Waals surface area contributed by atoms with Gasteiger partial charge in [-0.05, 0) is 62.4 Å². The number of nitrogens with one attached hydrogen (secondary N) is 2. The minimum absolute atomic E-state index is 0. The first-order valence-corrected chi connectivity index (χ1v) is 9.05. The van der Waals surface area contributed by atoms with E-state index in [0.29, 0.717) is 18.0 Å². The van der Waals surface area contributed by atoms with E-state index in [1.807, 2.05) is 12.1 Å². The molecule has 2 N–H and O–H groups in total. The number of rotatable bonds is 3. The maximum absolute atomic E-state index is 12.6. The molecular weight excluding hydrogens is 361 g/mol. The fourth-order valence-corrected chi connectivity index (χ4v) is 4.37. The maximum Gasteiger partial charge on any atom is 0.249 e. The molecule has 0 radical (unpaired) electrons. The second kappa shape index (κ2) is 7.14. The van der Waals surface area contributed by atoms with Crippen molar-refractivity contribution < 1.29 is 9.59 Å². The van der Waals surface area contributed by atoms with Gasteiger partial charge in [0.15, 0.2) is 0 Å². The summed E-state index contributed by atoms with van der Waals surface area (Å²) in [5.74, 6) is 0.112. The van der Waals surface area contributed by atoms with Crippen molar-refractivity contribution >= 4 is 41.5 Å². The van der Waals surface area contributed by atoms with Crippen molar-refractivity contribution in [3.8, 4) is 0 Å². The summed E-state index contributed by atoms with van der Waals surface area (Å²) in [5, 5.41) is 6.95. The number of nitrogens with zero attached hydrogens (tertiary/aromatic N) is 1. The van der Waals surface area contributed by atoms with Crippen molar-refractivity contribution in [1.29, 1.82) is 0 Å². The minimum Gasteiger partial charge on any atom is -0.344 e. The average Bonchev–Trinajstić information content (AvgIpc) is 3.15. The lowest BCUT2D eigenvalue weighted by Gasteiger charge is -2.23. The first kappa shape index (κ1) is 18.5. The lowest BCUT2D eigenvalue weighted by atomic mass is 9.91. The number of hydrogen-bond donors (Lipinski definition) is 2. The molecule has 2 unspecified atom stereocenters. The molecular formula is C18H23Cl2N3O2. The van der Waals surface area contributed by atoms with Crippen LogP contribution in [0.2, 0.25) is 5.02 Å². The molecule has 25 heavy (non-hydrogen) atoms. The molecule has 1 aromatic rings. The Kier molecular flexibility index (Phi) is 5.28. The van der Waals surface area contributed by atoms with Crippen LogP contribution in [0.1, 0.15) is 25.7 Å². The Balaban J connectivity index is 0.00000182. The van der Waals surface area contributed by atoms with Gasteiger partial charge in [0.2, 0.25) is 11.8 Å². The summed E-state index contributed by atoms with van der Waals surface area (Å²) in [6.45, 7) is 2.60. The first-order valence-electron chi connectivity index (χ1n) is 8.67. The van der Waals surface area contributed by atoms with Crippen LogP contribution in [0.5, 0.6) is 0 Å². The Morgan fingerprint density at radius 2 is 2.08 bits per heavy atom. The van der Waals surface area contributed by atoms with Gasteiger partial charge in [-0.3, -0.25) is 9.59 Å².